The highest BCUT2D eigenvalue weighted by atomic mass is 31.2. The maximum Gasteiger partial charge on any atom is 0.200 e. The van der Waals surface area contributed by atoms with Gasteiger partial charge in [0, 0.05) is 10.9 Å². The summed E-state index contributed by atoms with van der Waals surface area (Å²) in [5.41, 5.74) is 9.85. The predicted molar refractivity (Wildman–Crippen MR) is 144 cm³/mol. The molecule has 0 saturated carbocycles. The first kappa shape index (κ1) is 25.6. The van der Waals surface area contributed by atoms with Crippen LogP contribution < -0.4 is 5.30 Å². The van der Waals surface area contributed by atoms with Crippen LogP contribution in [0.4, 0.5) is 0 Å². The lowest BCUT2D eigenvalue weighted by atomic mass is 9.89. The van der Waals surface area contributed by atoms with Crippen LogP contribution in [0.1, 0.15) is 75.6 Å². The number of rotatable bonds is 11. The molecule has 0 spiro atoms. The molecule has 0 atom stereocenters. The topological polar surface area (TPSA) is 40.5 Å². The minimum Gasteiger partial charge on any atom is -0.347 e. The summed E-state index contributed by atoms with van der Waals surface area (Å²) < 4.78 is 0. The number of hydrogen-bond donors (Lipinski definition) is 2. The van der Waals surface area contributed by atoms with Crippen molar-refractivity contribution in [3.63, 3.8) is 0 Å². The second-order valence-electron chi connectivity index (χ2n) is 8.87. The Kier molecular flexibility index (Phi) is 9.68. The van der Waals surface area contributed by atoms with Gasteiger partial charge in [-0.05, 0) is 83.5 Å². The van der Waals surface area contributed by atoms with Crippen LogP contribution in [0.25, 0.3) is 22.3 Å². The van der Waals surface area contributed by atoms with Gasteiger partial charge >= 0.3 is 0 Å². The molecule has 0 unspecified atom stereocenters. The van der Waals surface area contributed by atoms with Gasteiger partial charge in [-0.1, -0.05) is 89.1 Å². The van der Waals surface area contributed by atoms with Crippen LogP contribution in [-0.2, 0) is 25.7 Å². The van der Waals surface area contributed by atoms with E-state index in [1.165, 1.54) is 35.1 Å². The molecule has 2 nitrogen and oxygen atoms in total. The van der Waals surface area contributed by atoms with Gasteiger partial charge in [-0.2, -0.15) is 0 Å². The van der Waals surface area contributed by atoms with Gasteiger partial charge in [0.2, 0.25) is 0 Å². The fourth-order valence-electron chi connectivity index (χ4n) is 4.72. The van der Waals surface area contributed by atoms with Crippen molar-refractivity contribution in [1.82, 2.24) is 0 Å². The van der Waals surface area contributed by atoms with E-state index in [9.17, 15) is 9.79 Å². The zero-order chi connectivity index (χ0) is 23.8. The Hall–Kier alpha value is -1.99. The minimum absolute atomic E-state index is 0.628. The molecule has 0 saturated heterocycles. The Morgan fingerprint density at radius 1 is 0.636 bits per heavy atom. The van der Waals surface area contributed by atoms with E-state index < -0.39 is 8.38 Å². The average molecular weight is 463 g/mol. The van der Waals surface area contributed by atoms with Crippen molar-refractivity contribution >= 4 is 13.7 Å². The summed E-state index contributed by atoms with van der Waals surface area (Å²) in [5, 5.41) is 0.628. The van der Waals surface area contributed by atoms with Gasteiger partial charge in [0.05, 0.1) is 0 Å². The van der Waals surface area contributed by atoms with E-state index in [1.54, 1.807) is 0 Å². The summed E-state index contributed by atoms with van der Waals surface area (Å²) in [6.07, 6.45) is 8.88. The summed E-state index contributed by atoms with van der Waals surface area (Å²) in [5.74, 6) is 0. The maximum atomic E-state index is 10.3. The van der Waals surface area contributed by atoms with Crippen molar-refractivity contribution in [2.45, 2.75) is 79.1 Å². The van der Waals surface area contributed by atoms with Crippen molar-refractivity contribution in [3.8, 4) is 22.3 Å². The van der Waals surface area contributed by atoms with Crippen LogP contribution in [0.2, 0.25) is 0 Å². The standard InChI is InChI=1S/C30H39O2P/c1-5-9-12-24-20-26(18-16-22(24)7-3)28-14-11-15-29(33(31)32)30(28)27-19-17-23(8-4)25(21-27)13-10-6-2/h11,14-21,31-32H,5-10,12-13H2,1-4H3. The first-order valence-corrected chi connectivity index (χ1v) is 13.8. The minimum atomic E-state index is -2.20. The molecule has 2 N–H and O–H groups in total. The zero-order valence-electron chi connectivity index (χ0n) is 20.7. The van der Waals surface area contributed by atoms with Crippen molar-refractivity contribution in [1.29, 1.82) is 0 Å². The number of aryl methyl sites for hydroxylation is 4. The van der Waals surface area contributed by atoms with Crippen LogP contribution in [0, 0.1) is 0 Å². The fraction of sp³-hybridized carbons (Fsp3) is 0.400. The lowest BCUT2D eigenvalue weighted by Crippen LogP contribution is -2.07. The van der Waals surface area contributed by atoms with Gasteiger partial charge in [0.1, 0.15) is 0 Å². The van der Waals surface area contributed by atoms with Crippen LogP contribution in [0.5, 0.6) is 0 Å². The van der Waals surface area contributed by atoms with E-state index in [1.807, 2.05) is 12.1 Å². The predicted octanol–water partition coefficient (Wildman–Crippen LogP) is 7.75. The monoisotopic (exact) mass is 462 g/mol. The van der Waals surface area contributed by atoms with E-state index in [0.29, 0.717) is 5.30 Å². The zero-order valence-corrected chi connectivity index (χ0v) is 21.6. The van der Waals surface area contributed by atoms with Gasteiger partial charge in [-0.3, -0.25) is 0 Å². The summed E-state index contributed by atoms with van der Waals surface area (Å²) in [4.78, 5) is 20.6. The quantitative estimate of drug-likeness (QED) is 0.286. The first-order valence-electron chi connectivity index (χ1n) is 12.6. The molecule has 0 amide bonds. The molecular formula is C30H39O2P. The summed E-state index contributed by atoms with van der Waals surface area (Å²) in [7, 11) is -2.20. The Morgan fingerprint density at radius 2 is 1.18 bits per heavy atom. The average Bonchev–Trinajstić information content (AvgIpc) is 2.85. The first-order chi connectivity index (χ1) is 16.0. The lowest BCUT2D eigenvalue weighted by Gasteiger charge is -2.19. The molecule has 0 fully saturated rings. The van der Waals surface area contributed by atoms with Crippen molar-refractivity contribution in [3.05, 3.63) is 76.9 Å². The molecule has 0 bridgehead atoms. The van der Waals surface area contributed by atoms with Crippen LogP contribution in [-0.4, -0.2) is 9.79 Å². The summed E-state index contributed by atoms with van der Waals surface area (Å²) >= 11 is 0. The number of benzene rings is 3. The molecule has 0 radical (unpaired) electrons. The third kappa shape index (κ3) is 6.12. The van der Waals surface area contributed by atoms with E-state index in [4.69, 9.17) is 0 Å². The summed E-state index contributed by atoms with van der Waals surface area (Å²) in [6.45, 7) is 8.88. The molecule has 0 aliphatic heterocycles. The van der Waals surface area contributed by atoms with E-state index in [-0.39, 0.29) is 0 Å². The maximum absolute atomic E-state index is 10.3. The van der Waals surface area contributed by atoms with Gasteiger partial charge in [0.25, 0.3) is 0 Å². The highest BCUT2D eigenvalue weighted by Gasteiger charge is 2.19. The molecule has 176 valence electrons. The molecule has 3 aromatic carbocycles. The normalized spacial score (nSPS) is 11.4. The Labute approximate surface area is 201 Å². The third-order valence-corrected chi connectivity index (χ3v) is 7.43. The molecule has 3 heteroatoms. The molecule has 0 aromatic heterocycles. The van der Waals surface area contributed by atoms with E-state index in [0.717, 1.165) is 60.8 Å². The Morgan fingerprint density at radius 3 is 1.70 bits per heavy atom. The van der Waals surface area contributed by atoms with Crippen molar-refractivity contribution in [2.75, 3.05) is 0 Å². The van der Waals surface area contributed by atoms with E-state index >= 15 is 0 Å². The molecule has 0 aliphatic rings. The number of unbranched alkanes of at least 4 members (excludes halogenated alkanes) is 2. The molecule has 0 heterocycles. The highest BCUT2D eigenvalue weighted by Crippen LogP contribution is 2.39. The fourth-order valence-corrected chi connectivity index (χ4v) is 5.38. The van der Waals surface area contributed by atoms with Gasteiger partial charge in [-0.25, -0.2) is 0 Å². The number of hydrogen-bond acceptors (Lipinski definition) is 2. The van der Waals surface area contributed by atoms with Gasteiger partial charge in [0.15, 0.2) is 8.38 Å². The molecule has 3 aromatic rings. The Balaban J connectivity index is 2.20. The van der Waals surface area contributed by atoms with Crippen LogP contribution >= 0.6 is 8.38 Å². The van der Waals surface area contributed by atoms with Crippen molar-refractivity contribution < 1.29 is 9.79 Å². The summed E-state index contributed by atoms with van der Waals surface area (Å²) in [6, 6.07) is 19.4. The molecule has 0 aliphatic carbocycles. The second kappa shape index (κ2) is 12.5. The SMILES string of the molecule is CCCCc1cc(-c2cccc(P(O)O)c2-c2ccc(CC)c(CCCC)c2)ccc1CC. The van der Waals surface area contributed by atoms with Gasteiger partial charge in [-0.15, -0.1) is 0 Å². The lowest BCUT2D eigenvalue weighted by molar-refractivity contribution is 0.497. The van der Waals surface area contributed by atoms with Crippen molar-refractivity contribution in [2.24, 2.45) is 0 Å². The van der Waals surface area contributed by atoms with E-state index in [2.05, 4.69) is 70.2 Å². The Bertz CT molecular complexity index is 1060. The van der Waals surface area contributed by atoms with Crippen LogP contribution in [0.3, 0.4) is 0 Å². The molecule has 33 heavy (non-hydrogen) atoms. The smallest absolute Gasteiger partial charge is 0.200 e. The highest BCUT2D eigenvalue weighted by molar-refractivity contribution is 7.54. The van der Waals surface area contributed by atoms with Crippen LogP contribution in [0.15, 0.2) is 54.6 Å². The molecular weight excluding hydrogens is 423 g/mol. The third-order valence-electron chi connectivity index (χ3n) is 6.63. The molecule has 3 rings (SSSR count). The second-order valence-corrected chi connectivity index (χ2v) is 9.93. The van der Waals surface area contributed by atoms with Gasteiger partial charge < -0.3 is 9.79 Å². The largest absolute Gasteiger partial charge is 0.347 e.